The minimum absolute atomic E-state index is 0.0265. The van der Waals surface area contributed by atoms with Gasteiger partial charge in [-0.15, -0.1) is 11.3 Å². The third kappa shape index (κ3) is 3.75. The van der Waals surface area contributed by atoms with Gasteiger partial charge in [0.1, 0.15) is 0 Å². The molecule has 19 heavy (non-hydrogen) atoms. The molecule has 0 fully saturated rings. The van der Waals surface area contributed by atoms with Gasteiger partial charge in [0, 0.05) is 21.8 Å². The molecule has 0 saturated heterocycles. The number of rotatable bonds is 3. The van der Waals surface area contributed by atoms with Crippen molar-refractivity contribution in [2.24, 2.45) is 0 Å². The molecular formula is C11H7Cl2F3N2S. The van der Waals surface area contributed by atoms with E-state index in [-0.39, 0.29) is 17.3 Å². The van der Waals surface area contributed by atoms with Crippen LogP contribution in [0.15, 0.2) is 24.4 Å². The number of hydrogen-bond donors (Lipinski definition) is 1. The van der Waals surface area contributed by atoms with Gasteiger partial charge in [-0.2, -0.15) is 13.2 Å². The lowest BCUT2D eigenvalue weighted by atomic mass is 10.1. The molecule has 102 valence electrons. The van der Waals surface area contributed by atoms with Crippen molar-refractivity contribution in [1.29, 1.82) is 0 Å². The van der Waals surface area contributed by atoms with E-state index in [4.69, 9.17) is 23.2 Å². The quantitative estimate of drug-likeness (QED) is 0.850. The fraction of sp³-hybridized carbons (Fsp3) is 0.182. The summed E-state index contributed by atoms with van der Waals surface area (Å²) in [6.07, 6.45) is -2.94. The number of thiazole rings is 1. The van der Waals surface area contributed by atoms with E-state index in [9.17, 15) is 13.2 Å². The van der Waals surface area contributed by atoms with Crippen LogP contribution in [-0.4, -0.2) is 4.98 Å². The fourth-order valence-corrected chi connectivity index (χ4v) is 2.54. The molecule has 0 atom stereocenters. The van der Waals surface area contributed by atoms with Gasteiger partial charge < -0.3 is 5.32 Å². The van der Waals surface area contributed by atoms with Crippen LogP contribution in [0.3, 0.4) is 0 Å². The highest BCUT2D eigenvalue weighted by molar-refractivity contribution is 7.15. The van der Waals surface area contributed by atoms with Crippen LogP contribution in [-0.2, 0) is 12.7 Å². The van der Waals surface area contributed by atoms with Crippen molar-refractivity contribution in [2.45, 2.75) is 12.7 Å². The van der Waals surface area contributed by atoms with Gasteiger partial charge in [0.05, 0.1) is 12.1 Å². The van der Waals surface area contributed by atoms with Crippen molar-refractivity contribution in [3.63, 3.8) is 0 Å². The highest BCUT2D eigenvalue weighted by Crippen LogP contribution is 2.36. The Bertz CT molecular complexity index is 584. The van der Waals surface area contributed by atoms with Crippen LogP contribution in [0, 0.1) is 0 Å². The zero-order valence-corrected chi connectivity index (χ0v) is 11.6. The molecule has 0 spiro atoms. The lowest BCUT2D eigenvalue weighted by Gasteiger charge is -2.14. The van der Waals surface area contributed by atoms with E-state index < -0.39 is 11.7 Å². The van der Waals surface area contributed by atoms with Crippen molar-refractivity contribution in [1.82, 2.24) is 4.98 Å². The van der Waals surface area contributed by atoms with Crippen LogP contribution in [0.4, 0.5) is 18.9 Å². The molecule has 1 aromatic heterocycles. The smallest absolute Gasteiger partial charge is 0.380 e. The molecular weight excluding hydrogens is 320 g/mol. The summed E-state index contributed by atoms with van der Waals surface area (Å²) in [6.45, 7) is 0.217. The average molecular weight is 327 g/mol. The first-order valence-electron chi connectivity index (χ1n) is 5.07. The molecule has 1 aromatic carbocycles. The maximum Gasteiger partial charge on any atom is 0.418 e. The van der Waals surface area contributed by atoms with Crippen molar-refractivity contribution in [3.8, 4) is 0 Å². The second-order valence-corrected chi connectivity index (χ2v) is 5.75. The Kier molecular flexibility index (Phi) is 4.23. The molecule has 0 radical (unpaired) electrons. The summed E-state index contributed by atoms with van der Waals surface area (Å²) < 4.78 is 38.8. The van der Waals surface area contributed by atoms with Gasteiger partial charge in [-0.1, -0.05) is 23.2 Å². The van der Waals surface area contributed by atoms with Gasteiger partial charge in [-0.3, -0.25) is 0 Å². The Morgan fingerprint density at radius 3 is 2.58 bits per heavy atom. The van der Waals surface area contributed by atoms with Gasteiger partial charge in [0.2, 0.25) is 0 Å². The zero-order valence-electron chi connectivity index (χ0n) is 9.26. The van der Waals surface area contributed by atoms with E-state index in [0.717, 1.165) is 10.9 Å². The number of anilines is 1. The minimum atomic E-state index is -4.46. The van der Waals surface area contributed by atoms with Gasteiger partial charge in [0.25, 0.3) is 0 Å². The number of hydrogen-bond acceptors (Lipinski definition) is 3. The number of alkyl halides is 3. The Morgan fingerprint density at radius 1 is 1.26 bits per heavy atom. The number of halogens is 5. The highest BCUT2D eigenvalue weighted by Gasteiger charge is 2.33. The van der Waals surface area contributed by atoms with Crippen molar-refractivity contribution in [3.05, 3.63) is 44.3 Å². The molecule has 0 bridgehead atoms. The summed E-state index contributed by atoms with van der Waals surface area (Å²) >= 11 is 12.4. The first-order valence-corrected chi connectivity index (χ1v) is 6.64. The predicted molar refractivity (Wildman–Crippen MR) is 70.9 cm³/mol. The summed E-state index contributed by atoms with van der Waals surface area (Å²) in [5, 5.41) is 2.75. The first kappa shape index (κ1) is 14.4. The van der Waals surface area contributed by atoms with Crippen molar-refractivity contribution >= 4 is 40.2 Å². The van der Waals surface area contributed by atoms with Crippen LogP contribution in [0.5, 0.6) is 0 Å². The number of nitrogens with one attached hydrogen (secondary N) is 1. The first-order chi connectivity index (χ1) is 8.86. The summed E-state index contributed by atoms with van der Waals surface area (Å²) in [6, 6.07) is 3.59. The van der Waals surface area contributed by atoms with Gasteiger partial charge in [-0.05, 0) is 18.2 Å². The lowest BCUT2D eigenvalue weighted by molar-refractivity contribution is -0.136. The van der Waals surface area contributed by atoms with E-state index in [2.05, 4.69) is 10.3 Å². The Balaban J connectivity index is 2.20. The van der Waals surface area contributed by atoms with E-state index in [1.165, 1.54) is 29.7 Å². The van der Waals surface area contributed by atoms with E-state index in [1.54, 1.807) is 0 Å². The van der Waals surface area contributed by atoms with Crippen LogP contribution >= 0.6 is 34.5 Å². The van der Waals surface area contributed by atoms with E-state index in [1.807, 2.05) is 0 Å². The van der Waals surface area contributed by atoms with Crippen LogP contribution in [0.25, 0.3) is 0 Å². The molecule has 0 aliphatic heterocycles. The zero-order chi connectivity index (χ0) is 14.0. The second-order valence-electron chi connectivity index (χ2n) is 3.62. The summed E-state index contributed by atoms with van der Waals surface area (Å²) in [5.41, 5.74) is -0.822. The largest absolute Gasteiger partial charge is 0.418 e. The third-order valence-electron chi connectivity index (χ3n) is 2.27. The molecule has 2 nitrogen and oxygen atoms in total. The van der Waals surface area contributed by atoms with Gasteiger partial charge in [-0.25, -0.2) is 4.98 Å². The Morgan fingerprint density at radius 2 is 2.00 bits per heavy atom. The fourth-order valence-electron chi connectivity index (χ4n) is 1.45. The Labute approximate surface area is 121 Å². The normalized spacial score (nSPS) is 11.6. The van der Waals surface area contributed by atoms with E-state index >= 15 is 0 Å². The summed E-state index contributed by atoms with van der Waals surface area (Å²) in [7, 11) is 0. The number of aromatic nitrogens is 1. The highest BCUT2D eigenvalue weighted by atomic mass is 35.5. The standard InChI is InChI=1S/C11H7Cl2F3N2S/c12-6-1-2-9(8(3-6)11(14,15)16)17-4-7-5-18-10(13)19-7/h1-3,5,17H,4H2. The van der Waals surface area contributed by atoms with Crippen LogP contribution in [0.1, 0.15) is 10.4 Å². The minimum Gasteiger partial charge on any atom is -0.380 e. The average Bonchev–Trinajstić information content (AvgIpc) is 2.72. The van der Waals surface area contributed by atoms with Gasteiger partial charge >= 0.3 is 6.18 Å². The monoisotopic (exact) mass is 326 g/mol. The molecule has 2 aromatic rings. The molecule has 0 aliphatic carbocycles. The molecule has 1 heterocycles. The lowest BCUT2D eigenvalue weighted by Crippen LogP contribution is -2.10. The molecule has 0 unspecified atom stereocenters. The number of nitrogens with zero attached hydrogens (tertiary/aromatic N) is 1. The molecule has 1 N–H and O–H groups in total. The van der Waals surface area contributed by atoms with Crippen LogP contribution in [0.2, 0.25) is 9.49 Å². The van der Waals surface area contributed by atoms with Crippen molar-refractivity contribution < 1.29 is 13.2 Å². The SMILES string of the molecule is FC(F)(F)c1cc(Cl)ccc1NCc1cnc(Cl)s1. The van der Waals surface area contributed by atoms with Crippen LogP contribution < -0.4 is 5.32 Å². The van der Waals surface area contributed by atoms with Gasteiger partial charge in [0.15, 0.2) is 4.47 Å². The maximum atomic E-state index is 12.8. The maximum absolute atomic E-state index is 12.8. The summed E-state index contributed by atoms with van der Waals surface area (Å²) in [5.74, 6) is 0. The molecule has 0 saturated carbocycles. The third-order valence-corrected chi connectivity index (χ3v) is 3.62. The molecule has 0 amide bonds. The van der Waals surface area contributed by atoms with Crippen molar-refractivity contribution in [2.75, 3.05) is 5.32 Å². The number of benzene rings is 1. The predicted octanol–water partition coefficient (Wildman–Crippen LogP) is 5.08. The second kappa shape index (κ2) is 5.56. The molecule has 2 rings (SSSR count). The summed E-state index contributed by atoms with van der Waals surface area (Å²) in [4.78, 5) is 4.56. The topological polar surface area (TPSA) is 24.9 Å². The molecule has 0 aliphatic rings. The Hall–Kier alpha value is -0.980. The van der Waals surface area contributed by atoms with E-state index in [0.29, 0.717) is 4.47 Å². The molecule has 8 heteroatoms.